The number of carbonyl (C=O) groups excluding carboxylic acids is 1. The van der Waals surface area contributed by atoms with E-state index in [9.17, 15) is 9.59 Å². The monoisotopic (exact) mass is 249 g/mol. The van der Waals surface area contributed by atoms with Gasteiger partial charge in [-0.05, 0) is 36.3 Å². The Balaban J connectivity index is 2.55. The number of esters is 1. The topological polar surface area (TPSA) is 59.2 Å². The molecule has 1 aromatic heterocycles. The van der Waals surface area contributed by atoms with Gasteiger partial charge < -0.3 is 9.72 Å². The molecule has 1 atom stereocenters. The summed E-state index contributed by atoms with van der Waals surface area (Å²) in [4.78, 5) is 26.5. The number of ether oxygens (including phenoxy) is 1. The second-order valence-corrected chi connectivity index (χ2v) is 5.55. The molecule has 4 nitrogen and oxygen atoms in total. The first-order valence-electron chi connectivity index (χ1n) is 6.31. The molecule has 0 bridgehead atoms. The van der Waals surface area contributed by atoms with Crippen LogP contribution >= 0.6 is 0 Å². The van der Waals surface area contributed by atoms with E-state index in [0.29, 0.717) is 5.92 Å². The van der Waals surface area contributed by atoms with Crippen LogP contribution in [0.3, 0.4) is 0 Å². The Hall–Kier alpha value is -1.58. The van der Waals surface area contributed by atoms with Crippen LogP contribution in [0.15, 0.2) is 10.9 Å². The van der Waals surface area contributed by atoms with E-state index in [1.165, 1.54) is 0 Å². The molecule has 1 unspecified atom stereocenters. The summed E-state index contributed by atoms with van der Waals surface area (Å²) in [6.45, 7) is 8.35. The summed E-state index contributed by atoms with van der Waals surface area (Å²) >= 11 is 0. The van der Waals surface area contributed by atoms with Gasteiger partial charge in [-0.3, -0.25) is 4.79 Å². The summed E-state index contributed by atoms with van der Waals surface area (Å²) in [6, 6.07) is 1.70. The lowest BCUT2D eigenvalue weighted by molar-refractivity contribution is 0.0524. The Morgan fingerprint density at radius 2 is 2.22 bits per heavy atom. The van der Waals surface area contributed by atoms with Crippen molar-refractivity contribution in [2.24, 2.45) is 0 Å². The molecule has 0 aliphatic heterocycles. The minimum absolute atomic E-state index is 0.0137. The number of H-pyrrole nitrogens is 1. The SMILES string of the molecule is CCOC(=O)c1cc2c([nH]c1=O)C(C)CC2(C)C. The molecule has 1 N–H and O–H groups in total. The number of nitrogens with one attached hydrogen (secondary N) is 1. The number of carbonyl (C=O) groups is 1. The van der Waals surface area contributed by atoms with Crippen LogP contribution in [-0.2, 0) is 10.2 Å². The van der Waals surface area contributed by atoms with E-state index in [2.05, 4.69) is 25.8 Å². The van der Waals surface area contributed by atoms with Crippen molar-refractivity contribution in [2.45, 2.75) is 45.4 Å². The second kappa shape index (κ2) is 4.26. The maximum atomic E-state index is 11.9. The molecule has 98 valence electrons. The van der Waals surface area contributed by atoms with E-state index in [-0.39, 0.29) is 23.1 Å². The van der Waals surface area contributed by atoms with Crippen molar-refractivity contribution in [1.29, 1.82) is 0 Å². The zero-order valence-electron chi connectivity index (χ0n) is 11.3. The molecule has 1 aliphatic rings. The van der Waals surface area contributed by atoms with Gasteiger partial charge in [0.05, 0.1) is 6.61 Å². The summed E-state index contributed by atoms with van der Waals surface area (Å²) in [7, 11) is 0. The quantitative estimate of drug-likeness (QED) is 0.818. The van der Waals surface area contributed by atoms with E-state index in [0.717, 1.165) is 17.7 Å². The third-order valence-corrected chi connectivity index (χ3v) is 3.61. The number of rotatable bonds is 2. The van der Waals surface area contributed by atoms with Crippen LogP contribution in [0.1, 0.15) is 61.6 Å². The average Bonchev–Trinajstić information content (AvgIpc) is 2.48. The van der Waals surface area contributed by atoms with Gasteiger partial charge in [0.1, 0.15) is 5.56 Å². The van der Waals surface area contributed by atoms with Gasteiger partial charge in [0.2, 0.25) is 0 Å². The number of fused-ring (bicyclic) bond motifs is 1. The molecule has 0 spiro atoms. The van der Waals surface area contributed by atoms with E-state index >= 15 is 0 Å². The normalized spacial score (nSPS) is 20.6. The maximum absolute atomic E-state index is 11.9. The smallest absolute Gasteiger partial charge is 0.343 e. The van der Waals surface area contributed by atoms with Gasteiger partial charge in [0.15, 0.2) is 0 Å². The molecule has 4 heteroatoms. The first kappa shape index (κ1) is 12.9. The molecule has 0 fully saturated rings. The van der Waals surface area contributed by atoms with E-state index in [1.807, 2.05) is 0 Å². The fraction of sp³-hybridized carbons (Fsp3) is 0.571. The first-order valence-corrected chi connectivity index (χ1v) is 6.31. The highest BCUT2D eigenvalue weighted by atomic mass is 16.5. The van der Waals surface area contributed by atoms with Crippen molar-refractivity contribution >= 4 is 5.97 Å². The lowest BCUT2D eigenvalue weighted by Crippen LogP contribution is -2.23. The van der Waals surface area contributed by atoms with Gasteiger partial charge >= 0.3 is 5.97 Å². The van der Waals surface area contributed by atoms with Gasteiger partial charge in [-0.2, -0.15) is 0 Å². The highest BCUT2D eigenvalue weighted by Gasteiger charge is 2.36. The average molecular weight is 249 g/mol. The van der Waals surface area contributed by atoms with Crippen LogP contribution < -0.4 is 5.56 Å². The molecule has 0 saturated heterocycles. The van der Waals surface area contributed by atoms with Crippen LogP contribution in [0.4, 0.5) is 0 Å². The lowest BCUT2D eigenvalue weighted by Gasteiger charge is -2.18. The predicted octanol–water partition coefficient (Wildman–Crippen LogP) is 2.34. The summed E-state index contributed by atoms with van der Waals surface area (Å²) in [5.41, 5.74) is 1.76. The van der Waals surface area contributed by atoms with E-state index < -0.39 is 5.97 Å². The largest absolute Gasteiger partial charge is 0.462 e. The van der Waals surface area contributed by atoms with Gasteiger partial charge in [0, 0.05) is 5.69 Å². The van der Waals surface area contributed by atoms with Crippen LogP contribution in [0, 0.1) is 0 Å². The molecule has 1 aromatic rings. The molecule has 0 saturated carbocycles. The van der Waals surface area contributed by atoms with Crippen molar-refractivity contribution in [3.05, 3.63) is 33.2 Å². The fourth-order valence-corrected chi connectivity index (χ4v) is 2.83. The van der Waals surface area contributed by atoms with Crippen molar-refractivity contribution in [3.8, 4) is 0 Å². The zero-order chi connectivity index (χ0) is 13.5. The Morgan fingerprint density at radius 3 is 2.83 bits per heavy atom. The van der Waals surface area contributed by atoms with Crippen LogP contribution in [-0.4, -0.2) is 17.6 Å². The fourth-order valence-electron chi connectivity index (χ4n) is 2.83. The highest BCUT2D eigenvalue weighted by Crippen LogP contribution is 2.44. The van der Waals surface area contributed by atoms with Crippen molar-refractivity contribution in [3.63, 3.8) is 0 Å². The summed E-state index contributed by atoms with van der Waals surface area (Å²) < 4.78 is 4.90. The molecular formula is C14H19NO3. The third-order valence-electron chi connectivity index (χ3n) is 3.61. The summed E-state index contributed by atoms with van der Waals surface area (Å²) in [5, 5.41) is 0. The predicted molar refractivity (Wildman–Crippen MR) is 69.1 cm³/mol. The molecule has 0 amide bonds. The maximum Gasteiger partial charge on any atom is 0.343 e. The molecule has 1 aliphatic carbocycles. The molecular weight excluding hydrogens is 230 g/mol. The van der Waals surface area contributed by atoms with Crippen LogP contribution in [0.2, 0.25) is 0 Å². The standard InChI is InChI=1S/C14H19NO3/c1-5-18-13(17)9-6-10-11(15-12(9)16)8(2)7-14(10,3)4/h6,8H,5,7H2,1-4H3,(H,15,16). The molecule has 18 heavy (non-hydrogen) atoms. The highest BCUT2D eigenvalue weighted by molar-refractivity contribution is 5.89. The summed E-state index contributed by atoms with van der Waals surface area (Å²) in [6.07, 6.45) is 0.977. The third kappa shape index (κ3) is 1.96. The minimum Gasteiger partial charge on any atom is -0.462 e. The lowest BCUT2D eigenvalue weighted by atomic mass is 9.86. The van der Waals surface area contributed by atoms with Gasteiger partial charge in [-0.15, -0.1) is 0 Å². The Labute approximate surface area is 106 Å². The second-order valence-electron chi connectivity index (χ2n) is 5.55. The Kier molecular flexibility index (Phi) is 3.05. The molecule has 2 rings (SSSR count). The number of pyridine rings is 1. The number of hydrogen-bond acceptors (Lipinski definition) is 3. The molecule has 1 heterocycles. The Bertz CT molecular complexity index is 542. The zero-order valence-corrected chi connectivity index (χ0v) is 11.3. The van der Waals surface area contributed by atoms with Crippen molar-refractivity contribution in [1.82, 2.24) is 4.98 Å². The first-order chi connectivity index (χ1) is 8.36. The minimum atomic E-state index is -0.545. The molecule has 0 radical (unpaired) electrons. The molecule has 0 aromatic carbocycles. The number of aromatic nitrogens is 1. The van der Waals surface area contributed by atoms with Gasteiger partial charge in [-0.1, -0.05) is 20.8 Å². The van der Waals surface area contributed by atoms with Gasteiger partial charge in [0.25, 0.3) is 5.56 Å². The number of hydrogen-bond donors (Lipinski definition) is 1. The van der Waals surface area contributed by atoms with Gasteiger partial charge in [-0.25, -0.2) is 4.79 Å². The Morgan fingerprint density at radius 1 is 1.56 bits per heavy atom. The van der Waals surface area contributed by atoms with E-state index in [1.54, 1.807) is 13.0 Å². The van der Waals surface area contributed by atoms with Crippen LogP contribution in [0.25, 0.3) is 0 Å². The van der Waals surface area contributed by atoms with E-state index in [4.69, 9.17) is 4.74 Å². The van der Waals surface area contributed by atoms with Crippen LogP contribution in [0.5, 0.6) is 0 Å². The number of aromatic amines is 1. The summed E-state index contributed by atoms with van der Waals surface area (Å²) in [5.74, 6) is -0.226. The van der Waals surface area contributed by atoms with Crippen molar-refractivity contribution in [2.75, 3.05) is 6.61 Å². The van der Waals surface area contributed by atoms with Crippen molar-refractivity contribution < 1.29 is 9.53 Å².